The van der Waals surface area contributed by atoms with Crippen LogP contribution in [-0.2, 0) is 16.1 Å². The van der Waals surface area contributed by atoms with E-state index >= 15 is 0 Å². The average Bonchev–Trinajstić information content (AvgIpc) is 2.77. The van der Waals surface area contributed by atoms with Gasteiger partial charge in [-0.2, -0.15) is 0 Å². The van der Waals surface area contributed by atoms with Gasteiger partial charge in [-0.1, -0.05) is 42.5 Å². The van der Waals surface area contributed by atoms with Crippen molar-refractivity contribution in [2.24, 2.45) is 10.2 Å². The van der Waals surface area contributed by atoms with Crippen molar-refractivity contribution in [1.82, 2.24) is 0 Å². The summed E-state index contributed by atoms with van der Waals surface area (Å²) in [5.41, 5.74) is 4.85. The maximum atomic E-state index is 12.2. The molecule has 0 aliphatic rings. The highest BCUT2D eigenvalue weighted by Crippen LogP contribution is 2.21. The fourth-order valence-electron chi connectivity index (χ4n) is 2.49. The number of nitrogens with one attached hydrogen (secondary N) is 1. The Hall–Kier alpha value is -4.00. The molecule has 7 nitrogen and oxygen atoms in total. The first-order valence-corrected chi connectivity index (χ1v) is 8.84. The minimum Gasteiger partial charge on any atom is -0.496 e. The number of rotatable bonds is 7. The summed E-state index contributed by atoms with van der Waals surface area (Å²) in [6.07, 6.45) is 0.172. The monoisotopic (exact) mass is 389 g/mol. The van der Waals surface area contributed by atoms with Gasteiger partial charge in [0.1, 0.15) is 5.75 Å². The number of carbonyl (C=O) groups excluding carboxylic acids is 2. The number of methoxy groups -OCH3 is 1. The Bertz CT molecular complexity index is 1000. The molecule has 0 unspecified atom stereocenters. The van der Waals surface area contributed by atoms with Gasteiger partial charge in [0.15, 0.2) is 0 Å². The zero-order chi connectivity index (χ0) is 20.5. The van der Waals surface area contributed by atoms with Crippen molar-refractivity contribution in [3.05, 3.63) is 90.0 Å². The van der Waals surface area contributed by atoms with Crippen molar-refractivity contribution >= 4 is 23.3 Å². The number of hydrogen-bond acceptors (Lipinski definition) is 6. The van der Waals surface area contributed by atoms with E-state index in [4.69, 9.17) is 9.57 Å². The number of hydrogen-bond donors (Lipinski definition) is 1. The lowest BCUT2D eigenvalue weighted by atomic mass is 10.2. The highest BCUT2D eigenvalue weighted by molar-refractivity contribution is 5.97. The van der Waals surface area contributed by atoms with Crippen LogP contribution >= 0.6 is 0 Å². The number of carbonyl (C=O) groups is 2. The molecule has 0 aliphatic heterocycles. The molecule has 0 bridgehead atoms. The molecule has 3 rings (SSSR count). The zero-order valence-electron chi connectivity index (χ0n) is 15.7. The van der Waals surface area contributed by atoms with Gasteiger partial charge < -0.3 is 9.57 Å². The Kier molecular flexibility index (Phi) is 6.67. The zero-order valence-corrected chi connectivity index (χ0v) is 15.7. The van der Waals surface area contributed by atoms with Gasteiger partial charge in [0.2, 0.25) is 0 Å². The van der Waals surface area contributed by atoms with E-state index in [1.165, 1.54) is 7.11 Å². The third kappa shape index (κ3) is 5.74. The number of anilines is 1. The van der Waals surface area contributed by atoms with Gasteiger partial charge in [-0.15, -0.1) is 10.2 Å². The molecule has 0 spiro atoms. The van der Waals surface area contributed by atoms with Crippen LogP contribution in [0, 0.1) is 0 Å². The quantitative estimate of drug-likeness (QED) is 0.466. The van der Waals surface area contributed by atoms with Crippen LogP contribution in [0.5, 0.6) is 5.75 Å². The minimum atomic E-state index is -0.500. The summed E-state index contributed by atoms with van der Waals surface area (Å²) in [7, 11) is 1.49. The lowest BCUT2D eigenvalue weighted by Crippen LogP contribution is -2.12. The van der Waals surface area contributed by atoms with Crippen molar-refractivity contribution in [2.45, 2.75) is 6.42 Å². The van der Waals surface area contributed by atoms with Crippen LogP contribution in [0.2, 0.25) is 0 Å². The molecule has 0 atom stereocenters. The lowest BCUT2D eigenvalue weighted by molar-refractivity contribution is -0.139. The molecule has 0 radical (unpaired) electrons. The van der Waals surface area contributed by atoms with E-state index in [2.05, 4.69) is 15.7 Å². The smallest absolute Gasteiger partial charge is 0.336 e. The van der Waals surface area contributed by atoms with Gasteiger partial charge in [-0.3, -0.25) is 4.79 Å². The van der Waals surface area contributed by atoms with Gasteiger partial charge in [0, 0.05) is 0 Å². The fraction of sp³-hybridized carbons (Fsp3) is 0.0909. The van der Waals surface area contributed by atoms with Crippen LogP contribution in [0.3, 0.4) is 0 Å². The first kappa shape index (κ1) is 19.8. The van der Waals surface area contributed by atoms with Gasteiger partial charge in [-0.25, -0.2) is 10.3 Å². The standard InChI is InChI=1S/C22H19N3O4/c1-28-20-10-6-5-9-19(20)22(27)24-23-17-11-13-18(14-12-17)25-29-21(26)15-16-7-3-2-4-8-16/h2-14,25H,15H2,1H3. The molecular formula is C22H19N3O4. The molecule has 3 aromatic carbocycles. The molecule has 0 aliphatic carbocycles. The van der Waals surface area contributed by atoms with E-state index in [1.807, 2.05) is 30.3 Å². The normalized spacial score (nSPS) is 10.5. The second-order valence-electron chi connectivity index (χ2n) is 5.99. The van der Waals surface area contributed by atoms with Crippen LogP contribution in [0.4, 0.5) is 11.4 Å². The van der Waals surface area contributed by atoms with Crippen LogP contribution in [0.1, 0.15) is 15.9 Å². The first-order valence-electron chi connectivity index (χ1n) is 8.84. The van der Waals surface area contributed by atoms with Crippen molar-refractivity contribution in [3.63, 3.8) is 0 Å². The van der Waals surface area contributed by atoms with E-state index in [9.17, 15) is 9.59 Å². The molecule has 29 heavy (non-hydrogen) atoms. The summed E-state index contributed by atoms with van der Waals surface area (Å²) in [5, 5.41) is 7.66. The van der Waals surface area contributed by atoms with Gasteiger partial charge in [-0.05, 0) is 42.0 Å². The van der Waals surface area contributed by atoms with Crippen molar-refractivity contribution < 1.29 is 19.2 Å². The molecule has 0 fully saturated rings. The van der Waals surface area contributed by atoms with Gasteiger partial charge >= 0.3 is 5.97 Å². The molecule has 0 saturated carbocycles. The molecule has 0 heterocycles. The topological polar surface area (TPSA) is 89.3 Å². The molecule has 7 heteroatoms. The van der Waals surface area contributed by atoms with E-state index in [0.29, 0.717) is 22.7 Å². The molecule has 146 valence electrons. The minimum absolute atomic E-state index is 0.172. The molecule has 1 amide bonds. The van der Waals surface area contributed by atoms with Crippen molar-refractivity contribution in [1.29, 1.82) is 0 Å². The van der Waals surface area contributed by atoms with Crippen LogP contribution < -0.4 is 10.2 Å². The molecule has 1 N–H and O–H groups in total. The summed E-state index contributed by atoms with van der Waals surface area (Å²) in [6.45, 7) is 0. The third-order valence-electron chi connectivity index (χ3n) is 3.93. The number of ether oxygens (including phenoxy) is 1. The summed E-state index contributed by atoms with van der Waals surface area (Å²) in [6, 6.07) is 22.7. The van der Waals surface area contributed by atoms with Gasteiger partial charge in [0.05, 0.1) is 30.5 Å². The SMILES string of the molecule is COc1ccccc1C(=O)N=Nc1ccc(NOC(=O)Cc2ccccc2)cc1. The lowest BCUT2D eigenvalue weighted by Gasteiger charge is -2.07. The van der Waals surface area contributed by atoms with Gasteiger partial charge in [0.25, 0.3) is 5.91 Å². The maximum Gasteiger partial charge on any atom is 0.336 e. The van der Waals surface area contributed by atoms with E-state index in [0.717, 1.165) is 5.56 Å². The van der Waals surface area contributed by atoms with Crippen molar-refractivity contribution in [3.8, 4) is 5.75 Å². The number of amides is 1. The van der Waals surface area contributed by atoms with Crippen LogP contribution in [0.15, 0.2) is 89.1 Å². The summed E-state index contributed by atoms with van der Waals surface area (Å²) < 4.78 is 5.15. The first-order chi connectivity index (χ1) is 14.2. The summed E-state index contributed by atoms with van der Waals surface area (Å²) >= 11 is 0. The average molecular weight is 389 g/mol. The predicted molar refractivity (Wildman–Crippen MR) is 108 cm³/mol. The number of benzene rings is 3. The summed E-state index contributed by atoms with van der Waals surface area (Å²) in [5.74, 6) is -0.463. The Morgan fingerprint density at radius 3 is 2.31 bits per heavy atom. The third-order valence-corrected chi connectivity index (χ3v) is 3.93. The van der Waals surface area contributed by atoms with Crippen LogP contribution in [-0.4, -0.2) is 19.0 Å². The van der Waals surface area contributed by atoms with E-state index < -0.39 is 11.9 Å². The Balaban J connectivity index is 1.54. The predicted octanol–water partition coefficient (Wildman–Crippen LogP) is 4.73. The van der Waals surface area contributed by atoms with Crippen molar-refractivity contribution in [2.75, 3.05) is 12.6 Å². The summed E-state index contributed by atoms with van der Waals surface area (Å²) in [4.78, 5) is 29.1. The number of nitrogens with zero attached hydrogens (tertiary/aromatic N) is 2. The maximum absolute atomic E-state index is 12.2. The van der Waals surface area contributed by atoms with E-state index in [-0.39, 0.29) is 6.42 Å². The largest absolute Gasteiger partial charge is 0.496 e. The number of azo groups is 1. The Morgan fingerprint density at radius 2 is 1.59 bits per heavy atom. The second kappa shape index (κ2) is 9.80. The Morgan fingerprint density at radius 1 is 0.897 bits per heavy atom. The fourth-order valence-corrected chi connectivity index (χ4v) is 2.49. The molecule has 0 aromatic heterocycles. The number of para-hydroxylation sites is 1. The van der Waals surface area contributed by atoms with Crippen LogP contribution in [0.25, 0.3) is 0 Å². The second-order valence-corrected chi connectivity index (χ2v) is 5.99. The highest BCUT2D eigenvalue weighted by Gasteiger charge is 2.10. The van der Waals surface area contributed by atoms with E-state index in [1.54, 1.807) is 48.5 Å². The Labute approximate surface area is 168 Å². The molecule has 3 aromatic rings. The highest BCUT2D eigenvalue weighted by atomic mass is 16.7. The molecule has 0 saturated heterocycles. The molecular weight excluding hydrogens is 370 g/mol.